The van der Waals surface area contributed by atoms with Crippen molar-refractivity contribution in [3.8, 4) is 0 Å². The highest BCUT2D eigenvalue weighted by Crippen LogP contribution is 2.29. The van der Waals surface area contributed by atoms with Crippen LogP contribution in [0.5, 0.6) is 0 Å². The van der Waals surface area contributed by atoms with Crippen molar-refractivity contribution in [2.24, 2.45) is 5.92 Å². The number of rotatable bonds is 6. The Labute approximate surface area is 117 Å². The summed E-state index contributed by atoms with van der Waals surface area (Å²) in [5.74, 6) is -0.500. The molecule has 0 aromatic carbocycles. The van der Waals surface area contributed by atoms with Crippen molar-refractivity contribution in [1.82, 2.24) is 10.3 Å². The van der Waals surface area contributed by atoms with Crippen molar-refractivity contribution >= 4 is 17.5 Å². The predicted octanol–water partition coefficient (Wildman–Crippen LogP) is 0.687. The second-order valence-corrected chi connectivity index (χ2v) is 4.97. The highest BCUT2D eigenvalue weighted by molar-refractivity contribution is 5.91. The Morgan fingerprint density at radius 1 is 1.45 bits per heavy atom. The quantitative estimate of drug-likeness (QED) is 0.713. The standard InChI is InChI=1S/C14H19N3O3/c18-12(17-11-5-2-7-15-9-11)6-8-16-14(20)13(19)10-3-1-4-10/h2,5,7,9-10,13,19H,1,3-4,6,8H2,(H,16,20)(H,17,18). The normalized spacial score (nSPS) is 16.1. The maximum atomic E-state index is 11.6. The number of carbonyl (C=O) groups excluding carboxylic acids is 2. The lowest BCUT2D eigenvalue weighted by atomic mass is 9.81. The fraction of sp³-hybridized carbons (Fsp3) is 0.500. The summed E-state index contributed by atoms with van der Waals surface area (Å²) in [5, 5.41) is 15.0. The lowest BCUT2D eigenvalue weighted by Crippen LogP contribution is -2.42. The highest BCUT2D eigenvalue weighted by atomic mass is 16.3. The zero-order chi connectivity index (χ0) is 14.4. The minimum atomic E-state index is -0.940. The first-order chi connectivity index (χ1) is 9.66. The van der Waals surface area contributed by atoms with Gasteiger partial charge >= 0.3 is 0 Å². The molecule has 3 N–H and O–H groups in total. The molecule has 1 aromatic rings. The first-order valence-electron chi connectivity index (χ1n) is 6.82. The van der Waals surface area contributed by atoms with Crippen LogP contribution in [0.1, 0.15) is 25.7 Å². The number of nitrogens with one attached hydrogen (secondary N) is 2. The van der Waals surface area contributed by atoms with Crippen molar-refractivity contribution in [3.63, 3.8) is 0 Å². The summed E-state index contributed by atoms with van der Waals surface area (Å²) in [6, 6.07) is 3.47. The molecule has 0 saturated heterocycles. The van der Waals surface area contributed by atoms with Gasteiger partial charge in [-0.25, -0.2) is 0 Å². The van der Waals surface area contributed by atoms with Crippen LogP contribution >= 0.6 is 0 Å². The van der Waals surface area contributed by atoms with Crippen LogP contribution in [-0.2, 0) is 9.59 Å². The van der Waals surface area contributed by atoms with E-state index in [0.717, 1.165) is 19.3 Å². The molecule has 1 atom stereocenters. The van der Waals surface area contributed by atoms with E-state index in [4.69, 9.17) is 0 Å². The Bertz CT molecular complexity index is 460. The molecule has 20 heavy (non-hydrogen) atoms. The first kappa shape index (κ1) is 14.5. The van der Waals surface area contributed by atoms with E-state index in [1.54, 1.807) is 24.5 Å². The van der Waals surface area contributed by atoms with E-state index < -0.39 is 6.10 Å². The van der Waals surface area contributed by atoms with Gasteiger partial charge in [-0.2, -0.15) is 0 Å². The molecule has 108 valence electrons. The molecule has 1 fully saturated rings. The van der Waals surface area contributed by atoms with Gasteiger partial charge in [-0.05, 0) is 30.9 Å². The number of carbonyl (C=O) groups is 2. The Hall–Kier alpha value is -1.95. The molecule has 0 bridgehead atoms. The molecule has 0 aliphatic heterocycles. The second-order valence-electron chi connectivity index (χ2n) is 4.97. The van der Waals surface area contributed by atoms with Crippen molar-refractivity contribution < 1.29 is 14.7 Å². The van der Waals surface area contributed by atoms with E-state index in [1.165, 1.54) is 0 Å². The Kier molecular flexibility index (Phi) is 5.06. The minimum Gasteiger partial charge on any atom is -0.383 e. The summed E-state index contributed by atoms with van der Waals surface area (Å²) < 4.78 is 0. The van der Waals surface area contributed by atoms with Gasteiger partial charge in [-0.15, -0.1) is 0 Å². The van der Waals surface area contributed by atoms with E-state index in [0.29, 0.717) is 5.69 Å². The molecular weight excluding hydrogens is 258 g/mol. The fourth-order valence-corrected chi connectivity index (χ4v) is 2.03. The number of hydrogen-bond donors (Lipinski definition) is 3. The molecule has 0 spiro atoms. The van der Waals surface area contributed by atoms with Gasteiger partial charge < -0.3 is 15.7 Å². The molecule has 1 aliphatic rings. The van der Waals surface area contributed by atoms with Gasteiger partial charge in [0.1, 0.15) is 6.10 Å². The molecule has 1 aromatic heterocycles. The molecular formula is C14H19N3O3. The number of aliphatic hydroxyl groups excluding tert-OH is 1. The number of nitrogens with zero attached hydrogens (tertiary/aromatic N) is 1. The van der Waals surface area contributed by atoms with E-state index in [2.05, 4.69) is 15.6 Å². The maximum absolute atomic E-state index is 11.6. The summed E-state index contributed by atoms with van der Waals surface area (Å²) in [6.07, 6.45) is 5.27. The van der Waals surface area contributed by atoms with Gasteiger partial charge in [0.05, 0.1) is 11.9 Å². The zero-order valence-electron chi connectivity index (χ0n) is 11.2. The van der Waals surface area contributed by atoms with Crippen LogP contribution in [0.15, 0.2) is 24.5 Å². The lowest BCUT2D eigenvalue weighted by Gasteiger charge is -2.29. The van der Waals surface area contributed by atoms with Crippen LogP contribution in [-0.4, -0.2) is 34.6 Å². The van der Waals surface area contributed by atoms with E-state index in [1.807, 2.05) is 0 Å². The van der Waals surface area contributed by atoms with E-state index in [-0.39, 0.29) is 30.7 Å². The number of anilines is 1. The molecule has 1 aliphatic carbocycles. The molecule has 6 heteroatoms. The maximum Gasteiger partial charge on any atom is 0.249 e. The van der Waals surface area contributed by atoms with Gasteiger partial charge in [0.25, 0.3) is 0 Å². The molecule has 2 amide bonds. The smallest absolute Gasteiger partial charge is 0.249 e. The highest BCUT2D eigenvalue weighted by Gasteiger charge is 2.30. The van der Waals surface area contributed by atoms with Crippen LogP contribution in [0.3, 0.4) is 0 Å². The first-order valence-corrected chi connectivity index (χ1v) is 6.82. The largest absolute Gasteiger partial charge is 0.383 e. The van der Waals surface area contributed by atoms with Crippen LogP contribution < -0.4 is 10.6 Å². The molecule has 2 rings (SSSR count). The molecule has 1 unspecified atom stereocenters. The third-order valence-corrected chi connectivity index (χ3v) is 3.46. The SMILES string of the molecule is O=C(CCNC(=O)C(O)C1CCC1)Nc1cccnc1. The third-order valence-electron chi connectivity index (χ3n) is 3.46. The van der Waals surface area contributed by atoms with Gasteiger partial charge in [-0.3, -0.25) is 14.6 Å². The number of hydrogen-bond acceptors (Lipinski definition) is 4. The summed E-state index contributed by atoms with van der Waals surface area (Å²) in [5.41, 5.74) is 0.623. The van der Waals surface area contributed by atoms with Crippen molar-refractivity contribution in [1.29, 1.82) is 0 Å². The van der Waals surface area contributed by atoms with Gasteiger partial charge in [0.15, 0.2) is 0 Å². The minimum absolute atomic E-state index is 0.0826. The Morgan fingerprint density at radius 3 is 2.85 bits per heavy atom. The van der Waals surface area contributed by atoms with Crippen molar-refractivity contribution in [3.05, 3.63) is 24.5 Å². The third kappa shape index (κ3) is 4.03. The van der Waals surface area contributed by atoms with Gasteiger partial charge in [0.2, 0.25) is 11.8 Å². The number of pyridine rings is 1. The number of aromatic nitrogens is 1. The predicted molar refractivity (Wildman–Crippen MR) is 73.8 cm³/mol. The summed E-state index contributed by atoms with van der Waals surface area (Å²) in [6.45, 7) is 0.217. The lowest BCUT2D eigenvalue weighted by molar-refractivity contribution is -0.133. The van der Waals surface area contributed by atoms with Gasteiger partial charge in [0, 0.05) is 19.2 Å². The second kappa shape index (κ2) is 7.00. The summed E-state index contributed by atoms with van der Waals surface area (Å²) >= 11 is 0. The van der Waals surface area contributed by atoms with Crippen molar-refractivity contribution in [2.75, 3.05) is 11.9 Å². The van der Waals surface area contributed by atoms with Crippen LogP contribution in [0.2, 0.25) is 0 Å². The topological polar surface area (TPSA) is 91.3 Å². The average Bonchev–Trinajstić information content (AvgIpc) is 2.37. The van der Waals surface area contributed by atoms with E-state index >= 15 is 0 Å². The van der Waals surface area contributed by atoms with Crippen LogP contribution in [0.4, 0.5) is 5.69 Å². The number of amides is 2. The van der Waals surface area contributed by atoms with Crippen LogP contribution in [0.25, 0.3) is 0 Å². The Morgan fingerprint density at radius 2 is 2.25 bits per heavy atom. The van der Waals surface area contributed by atoms with Crippen molar-refractivity contribution in [2.45, 2.75) is 31.8 Å². The molecule has 6 nitrogen and oxygen atoms in total. The molecule has 1 saturated carbocycles. The van der Waals surface area contributed by atoms with E-state index in [9.17, 15) is 14.7 Å². The summed E-state index contributed by atoms with van der Waals surface area (Å²) in [4.78, 5) is 27.1. The van der Waals surface area contributed by atoms with Crippen LogP contribution in [0, 0.1) is 5.92 Å². The monoisotopic (exact) mass is 277 g/mol. The Balaban J connectivity index is 1.65. The van der Waals surface area contributed by atoms with Gasteiger partial charge in [-0.1, -0.05) is 6.42 Å². The average molecular weight is 277 g/mol. The molecule has 0 radical (unpaired) electrons. The summed E-state index contributed by atoms with van der Waals surface area (Å²) in [7, 11) is 0. The molecule has 1 heterocycles. The zero-order valence-corrected chi connectivity index (χ0v) is 11.2. The fourth-order valence-electron chi connectivity index (χ4n) is 2.03. The number of aliphatic hydroxyl groups is 1.